The number of benzene rings is 1. The van der Waals surface area contributed by atoms with Crippen molar-refractivity contribution in [2.45, 2.75) is 26.7 Å². The molecule has 2 heterocycles. The first-order valence-corrected chi connectivity index (χ1v) is 10.8. The fourth-order valence-corrected chi connectivity index (χ4v) is 4.02. The molecule has 2 aromatic rings. The lowest BCUT2D eigenvalue weighted by molar-refractivity contribution is -0.121. The van der Waals surface area contributed by atoms with E-state index in [4.69, 9.17) is 16.3 Å². The van der Waals surface area contributed by atoms with Gasteiger partial charge in [-0.1, -0.05) is 31.5 Å². The van der Waals surface area contributed by atoms with Gasteiger partial charge in [-0.15, -0.1) is 11.3 Å². The van der Waals surface area contributed by atoms with Crippen LogP contribution >= 0.6 is 22.9 Å². The van der Waals surface area contributed by atoms with Crippen molar-refractivity contribution in [2.24, 2.45) is 11.8 Å². The Kier molecular flexibility index (Phi) is 6.97. The first-order valence-electron chi connectivity index (χ1n) is 9.50. The molecular formula is C21H25ClN2O3S. The number of hydrogen-bond donors (Lipinski definition) is 1. The second kappa shape index (κ2) is 9.43. The van der Waals surface area contributed by atoms with Gasteiger partial charge in [-0.05, 0) is 48.4 Å². The van der Waals surface area contributed by atoms with E-state index in [9.17, 15) is 9.59 Å². The Morgan fingerprint density at radius 1 is 1.29 bits per heavy atom. The van der Waals surface area contributed by atoms with Gasteiger partial charge in [-0.3, -0.25) is 9.59 Å². The molecule has 0 bridgehead atoms. The fraction of sp³-hybridized carbons (Fsp3) is 0.429. The van der Waals surface area contributed by atoms with Crippen LogP contribution in [0.5, 0.6) is 5.75 Å². The number of nitrogens with one attached hydrogen (secondary N) is 1. The summed E-state index contributed by atoms with van der Waals surface area (Å²) in [5.74, 6) is 0.942. The van der Waals surface area contributed by atoms with Crippen molar-refractivity contribution in [3.8, 4) is 5.75 Å². The number of nitrogens with zero attached hydrogens (tertiary/aromatic N) is 1. The van der Waals surface area contributed by atoms with Gasteiger partial charge in [0.1, 0.15) is 5.75 Å². The molecule has 1 aromatic heterocycles. The van der Waals surface area contributed by atoms with Crippen molar-refractivity contribution in [1.82, 2.24) is 4.90 Å². The first kappa shape index (κ1) is 20.7. The van der Waals surface area contributed by atoms with E-state index in [0.29, 0.717) is 54.9 Å². The summed E-state index contributed by atoms with van der Waals surface area (Å²) in [6.07, 6.45) is 1.32. The van der Waals surface area contributed by atoms with Crippen LogP contribution in [0, 0.1) is 11.8 Å². The number of ether oxygens (including phenoxy) is 1. The topological polar surface area (TPSA) is 58.6 Å². The van der Waals surface area contributed by atoms with Gasteiger partial charge in [0.05, 0.1) is 16.5 Å². The van der Waals surface area contributed by atoms with Crippen LogP contribution in [0.2, 0.25) is 5.02 Å². The van der Waals surface area contributed by atoms with Gasteiger partial charge in [0, 0.05) is 24.7 Å². The van der Waals surface area contributed by atoms with Gasteiger partial charge in [0.2, 0.25) is 5.91 Å². The van der Waals surface area contributed by atoms with Gasteiger partial charge in [0.15, 0.2) is 0 Å². The number of thiophene rings is 1. The Morgan fingerprint density at radius 2 is 2.04 bits per heavy atom. The lowest BCUT2D eigenvalue weighted by Crippen LogP contribution is -2.41. The number of anilines is 1. The molecule has 1 aliphatic heterocycles. The summed E-state index contributed by atoms with van der Waals surface area (Å²) in [4.78, 5) is 27.6. The van der Waals surface area contributed by atoms with Gasteiger partial charge < -0.3 is 15.0 Å². The average molecular weight is 421 g/mol. The van der Waals surface area contributed by atoms with Gasteiger partial charge in [-0.25, -0.2) is 0 Å². The number of amides is 2. The number of rotatable bonds is 6. The van der Waals surface area contributed by atoms with Crippen LogP contribution in [0.1, 0.15) is 36.4 Å². The molecule has 0 saturated carbocycles. The minimum atomic E-state index is -0.108. The lowest BCUT2D eigenvalue weighted by Gasteiger charge is -2.31. The Balaban J connectivity index is 1.52. The molecule has 3 rings (SSSR count). The molecule has 5 nitrogen and oxygen atoms in total. The zero-order valence-electron chi connectivity index (χ0n) is 16.1. The summed E-state index contributed by atoms with van der Waals surface area (Å²) in [7, 11) is 0. The normalized spacial score (nSPS) is 14.9. The third-order valence-electron chi connectivity index (χ3n) is 4.66. The molecule has 1 N–H and O–H groups in total. The second-order valence-electron chi connectivity index (χ2n) is 7.38. The monoisotopic (exact) mass is 420 g/mol. The fourth-order valence-electron chi connectivity index (χ4n) is 3.10. The Hall–Kier alpha value is -2.05. The number of carbonyl (C=O) groups excluding carboxylic acids is 2. The molecule has 2 amide bonds. The van der Waals surface area contributed by atoms with Gasteiger partial charge >= 0.3 is 0 Å². The molecule has 1 fully saturated rings. The summed E-state index contributed by atoms with van der Waals surface area (Å²) in [5.41, 5.74) is 0.656. The maximum atomic E-state index is 12.6. The van der Waals surface area contributed by atoms with Crippen LogP contribution in [0.25, 0.3) is 0 Å². The van der Waals surface area contributed by atoms with Crippen LogP contribution in [-0.2, 0) is 4.79 Å². The Bertz CT molecular complexity index is 815. The van der Waals surface area contributed by atoms with E-state index in [1.165, 1.54) is 11.3 Å². The SMILES string of the molecule is CC(C)COc1ccc(NC(=O)C2CCN(C(=O)c3cccs3)CC2)cc1Cl. The molecule has 0 spiro atoms. The van der Waals surface area contributed by atoms with Crippen LogP contribution < -0.4 is 10.1 Å². The molecule has 28 heavy (non-hydrogen) atoms. The predicted octanol–water partition coefficient (Wildman–Crippen LogP) is 4.93. The summed E-state index contributed by atoms with van der Waals surface area (Å²) in [5, 5.41) is 5.32. The molecule has 7 heteroatoms. The summed E-state index contributed by atoms with van der Waals surface area (Å²) in [6, 6.07) is 9.01. The maximum absolute atomic E-state index is 12.6. The number of carbonyl (C=O) groups is 2. The third-order valence-corrected chi connectivity index (χ3v) is 5.81. The Labute approximate surface area is 174 Å². The number of halogens is 1. The van der Waals surface area contributed by atoms with E-state index < -0.39 is 0 Å². The molecular weight excluding hydrogens is 396 g/mol. The highest BCUT2D eigenvalue weighted by Crippen LogP contribution is 2.29. The van der Waals surface area contributed by atoms with Crippen molar-refractivity contribution in [1.29, 1.82) is 0 Å². The van der Waals surface area contributed by atoms with Crippen molar-refractivity contribution in [3.63, 3.8) is 0 Å². The molecule has 1 aromatic carbocycles. The Morgan fingerprint density at radius 3 is 2.64 bits per heavy atom. The largest absolute Gasteiger partial charge is 0.492 e. The van der Waals surface area contributed by atoms with E-state index in [1.54, 1.807) is 18.2 Å². The zero-order chi connectivity index (χ0) is 20.1. The molecule has 0 atom stereocenters. The number of hydrogen-bond acceptors (Lipinski definition) is 4. The van der Waals surface area contributed by atoms with E-state index >= 15 is 0 Å². The van der Waals surface area contributed by atoms with Crippen LogP contribution in [0.15, 0.2) is 35.7 Å². The molecule has 1 aliphatic rings. The molecule has 0 radical (unpaired) electrons. The maximum Gasteiger partial charge on any atom is 0.263 e. The first-order chi connectivity index (χ1) is 13.4. The molecule has 150 valence electrons. The highest BCUT2D eigenvalue weighted by atomic mass is 35.5. The van der Waals surface area contributed by atoms with Crippen molar-refractivity contribution >= 4 is 40.4 Å². The van der Waals surface area contributed by atoms with E-state index in [0.717, 1.165) is 4.88 Å². The minimum Gasteiger partial charge on any atom is -0.492 e. The standard InChI is InChI=1S/C21H25ClN2O3S/c1-14(2)13-27-18-6-5-16(12-17(18)22)23-20(25)15-7-9-24(10-8-15)21(26)19-4-3-11-28-19/h3-6,11-12,14-15H,7-10,13H2,1-2H3,(H,23,25). The highest BCUT2D eigenvalue weighted by Gasteiger charge is 2.28. The summed E-state index contributed by atoms with van der Waals surface area (Å²) >= 11 is 7.71. The molecule has 0 aliphatic carbocycles. The summed E-state index contributed by atoms with van der Waals surface area (Å²) < 4.78 is 5.66. The minimum absolute atomic E-state index is 0.0323. The number of piperidine rings is 1. The molecule has 1 saturated heterocycles. The van der Waals surface area contributed by atoms with E-state index in [2.05, 4.69) is 19.2 Å². The van der Waals surface area contributed by atoms with Crippen molar-refractivity contribution < 1.29 is 14.3 Å². The molecule has 0 unspecified atom stereocenters. The van der Waals surface area contributed by atoms with Crippen LogP contribution in [0.3, 0.4) is 0 Å². The van der Waals surface area contributed by atoms with Crippen molar-refractivity contribution in [2.75, 3.05) is 25.0 Å². The number of likely N-dealkylation sites (tertiary alicyclic amines) is 1. The van der Waals surface area contributed by atoms with E-state index in [1.807, 2.05) is 22.4 Å². The third kappa shape index (κ3) is 5.26. The van der Waals surface area contributed by atoms with Crippen LogP contribution in [-0.4, -0.2) is 36.4 Å². The zero-order valence-corrected chi connectivity index (χ0v) is 17.7. The average Bonchev–Trinajstić information content (AvgIpc) is 3.21. The second-order valence-corrected chi connectivity index (χ2v) is 8.74. The van der Waals surface area contributed by atoms with Gasteiger partial charge in [-0.2, -0.15) is 0 Å². The van der Waals surface area contributed by atoms with E-state index in [-0.39, 0.29) is 17.7 Å². The lowest BCUT2D eigenvalue weighted by atomic mass is 9.95. The highest BCUT2D eigenvalue weighted by molar-refractivity contribution is 7.12. The van der Waals surface area contributed by atoms with Crippen molar-refractivity contribution in [3.05, 3.63) is 45.6 Å². The predicted molar refractivity (Wildman–Crippen MR) is 113 cm³/mol. The smallest absolute Gasteiger partial charge is 0.263 e. The summed E-state index contributed by atoms with van der Waals surface area (Å²) in [6.45, 7) is 5.92. The van der Waals surface area contributed by atoms with Crippen LogP contribution in [0.4, 0.5) is 5.69 Å². The van der Waals surface area contributed by atoms with Gasteiger partial charge in [0.25, 0.3) is 5.91 Å². The quantitative estimate of drug-likeness (QED) is 0.720.